The van der Waals surface area contributed by atoms with Gasteiger partial charge in [0.25, 0.3) is 0 Å². The minimum atomic E-state index is 0.0614. The fraction of sp³-hybridized carbons (Fsp3) is 0.533. The highest BCUT2D eigenvalue weighted by atomic mass is 35.5. The number of amides is 1. The molecule has 0 unspecified atom stereocenters. The molecule has 0 aliphatic carbocycles. The zero-order valence-corrected chi connectivity index (χ0v) is 13.5. The minimum Gasteiger partial charge on any atom is -0.356 e. The van der Waals surface area contributed by atoms with E-state index in [0.717, 1.165) is 12.1 Å². The van der Waals surface area contributed by atoms with E-state index >= 15 is 0 Å². The Balaban J connectivity index is 2.18. The molecular formula is C15H22Cl2N2O. The molecule has 112 valence electrons. The Kier molecular flexibility index (Phi) is 7.97. The fourth-order valence-electron chi connectivity index (χ4n) is 1.74. The first kappa shape index (κ1) is 17.3. The molecule has 0 bridgehead atoms. The molecule has 1 aromatic carbocycles. The Morgan fingerprint density at radius 2 is 2.00 bits per heavy atom. The van der Waals surface area contributed by atoms with Gasteiger partial charge in [0.15, 0.2) is 0 Å². The largest absolute Gasteiger partial charge is 0.356 e. The number of rotatable bonds is 8. The van der Waals surface area contributed by atoms with Crippen LogP contribution >= 0.6 is 23.2 Å². The van der Waals surface area contributed by atoms with E-state index in [9.17, 15) is 4.79 Å². The molecule has 0 heterocycles. The summed E-state index contributed by atoms with van der Waals surface area (Å²) in [7, 11) is 0. The smallest absolute Gasteiger partial charge is 0.221 e. The molecule has 0 fully saturated rings. The SMILES string of the molecule is CC(C)CNCCC(=O)NCCc1ccc(Cl)cc1Cl. The van der Waals surface area contributed by atoms with Crippen molar-refractivity contribution in [2.24, 2.45) is 5.92 Å². The lowest BCUT2D eigenvalue weighted by Gasteiger charge is -2.09. The van der Waals surface area contributed by atoms with Crippen molar-refractivity contribution in [2.75, 3.05) is 19.6 Å². The molecule has 0 aliphatic heterocycles. The first-order valence-corrected chi connectivity index (χ1v) is 7.66. The van der Waals surface area contributed by atoms with Crippen LogP contribution in [0.3, 0.4) is 0 Å². The number of hydrogen-bond donors (Lipinski definition) is 2. The predicted octanol–water partition coefficient (Wildman–Crippen LogP) is 3.29. The van der Waals surface area contributed by atoms with E-state index in [2.05, 4.69) is 24.5 Å². The Morgan fingerprint density at radius 1 is 1.25 bits per heavy atom. The summed E-state index contributed by atoms with van der Waals surface area (Å²) in [6.45, 7) is 6.52. The van der Waals surface area contributed by atoms with E-state index in [4.69, 9.17) is 23.2 Å². The molecule has 0 saturated carbocycles. The fourth-order valence-corrected chi connectivity index (χ4v) is 2.25. The van der Waals surface area contributed by atoms with Crippen LogP contribution in [0.5, 0.6) is 0 Å². The second-order valence-corrected chi connectivity index (χ2v) is 6.03. The monoisotopic (exact) mass is 316 g/mol. The van der Waals surface area contributed by atoms with Crippen molar-refractivity contribution in [3.05, 3.63) is 33.8 Å². The van der Waals surface area contributed by atoms with Crippen LogP contribution in [0.4, 0.5) is 0 Å². The van der Waals surface area contributed by atoms with Gasteiger partial charge in [-0.3, -0.25) is 4.79 Å². The summed E-state index contributed by atoms with van der Waals surface area (Å²) >= 11 is 11.9. The molecule has 0 saturated heterocycles. The van der Waals surface area contributed by atoms with Gasteiger partial charge in [0.2, 0.25) is 5.91 Å². The lowest BCUT2D eigenvalue weighted by molar-refractivity contribution is -0.120. The van der Waals surface area contributed by atoms with E-state index in [1.807, 2.05) is 6.07 Å². The van der Waals surface area contributed by atoms with Crippen molar-refractivity contribution in [3.63, 3.8) is 0 Å². The first-order chi connectivity index (χ1) is 9.49. The molecule has 0 aromatic heterocycles. The molecule has 1 aromatic rings. The summed E-state index contributed by atoms with van der Waals surface area (Å²) in [4.78, 5) is 11.6. The van der Waals surface area contributed by atoms with Gasteiger partial charge in [0.1, 0.15) is 0 Å². The van der Waals surface area contributed by atoms with Crippen LogP contribution in [-0.4, -0.2) is 25.5 Å². The van der Waals surface area contributed by atoms with Crippen LogP contribution in [0.25, 0.3) is 0 Å². The van der Waals surface area contributed by atoms with Crippen molar-refractivity contribution in [2.45, 2.75) is 26.7 Å². The summed E-state index contributed by atoms with van der Waals surface area (Å²) in [6.07, 6.45) is 1.21. The molecule has 0 spiro atoms. The van der Waals surface area contributed by atoms with Crippen molar-refractivity contribution in [1.29, 1.82) is 0 Å². The second kappa shape index (κ2) is 9.22. The van der Waals surface area contributed by atoms with Crippen molar-refractivity contribution in [1.82, 2.24) is 10.6 Å². The van der Waals surface area contributed by atoms with Crippen LogP contribution in [0.2, 0.25) is 10.0 Å². The number of benzene rings is 1. The summed E-state index contributed by atoms with van der Waals surface area (Å²) < 4.78 is 0. The molecule has 1 amide bonds. The molecule has 1 rings (SSSR count). The maximum atomic E-state index is 11.6. The van der Waals surface area contributed by atoms with Crippen LogP contribution in [0, 0.1) is 5.92 Å². The zero-order valence-electron chi connectivity index (χ0n) is 12.0. The summed E-state index contributed by atoms with van der Waals surface area (Å²) in [5, 5.41) is 7.40. The average molecular weight is 317 g/mol. The normalized spacial score (nSPS) is 10.8. The van der Waals surface area contributed by atoms with E-state index in [1.54, 1.807) is 12.1 Å². The molecule has 0 atom stereocenters. The Labute approximate surface area is 131 Å². The number of hydrogen-bond acceptors (Lipinski definition) is 2. The molecule has 0 aliphatic rings. The Morgan fingerprint density at radius 3 is 2.65 bits per heavy atom. The van der Waals surface area contributed by atoms with Gasteiger partial charge in [0, 0.05) is 29.6 Å². The molecule has 20 heavy (non-hydrogen) atoms. The standard InChI is InChI=1S/C15H22Cl2N2O/c1-11(2)10-18-7-6-15(20)19-8-5-12-3-4-13(16)9-14(12)17/h3-4,9,11,18H,5-8,10H2,1-2H3,(H,19,20). The highest BCUT2D eigenvalue weighted by Crippen LogP contribution is 2.20. The summed E-state index contributed by atoms with van der Waals surface area (Å²) in [6, 6.07) is 5.41. The van der Waals surface area contributed by atoms with Crippen molar-refractivity contribution >= 4 is 29.1 Å². The highest BCUT2D eigenvalue weighted by molar-refractivity contribution is 6.35. The predicted molar refractivity (Wildman–Crippen MR) is 85.5 cm³/mol. The van der Waals surface area contributed by atoms with E-state index in [1.165, 1.54) is 0 Å². The number of halogens is 2. The van der Waals surface area contributed by atoms with Gasteiger partial charge >= 0.3 is 0 Å². The molecule has 0 radical (unpaired) electrons. The maximum Gasteiger partial charge on any atom is 0.221 e. The summed E-state index contributed by atoms with van der Waals surface area (Å²) in [5.41, 5.74) is 0.995. The summed E-state index contributed by atoms with van der Waals surface area (Å²) in [5.74, 6) is 0.663. The van der Waals surface area contributed by atoms with Crippen LogP contribution in [0.15, 0.2) is 18.2 Å². The van der Waals surface area contributed by atoms with Gasteiger partial charge in [-0.05, 0) is 36.6 Å². The van der Waals surface area contributed by atoms with E-state index in [-0.39, 0.29) is 5.91 Å². The zero-order chi connectivity index (χ0) is 15.0. The lowest BCUT2D eigenvalue weighted by atomic mass is 10.1. The van der Waals surface area contributed by atoms with Crippen molar-refractivity contribution in [3.8, 4) is 0 Å². The third-order valence-corrected chi connectivity index (χ3v) is 3.40. The number of nitrogens with one attached hydrogen (secondary N) is 2. The Bertz CT molecular complexity index is 436. The van der Waals surface area contributed by atoms with E-state index in [0.29, 0.717) is 41.9 Å². The topological polar surface area (TPSA) is 41.1 Å². The van der Waals surface area contributed by atoms with E-state index < -0.39 is 0 Å². The maximum absolute atomic E-state index is 11.6. The van der Waals surface area contributed by atoms with Gasteiger partial charge < -0.3 is 10.6 Å². The van der Waals surface area contributed by atoms with Gasteiger partial charge in [-0.15, -0.1) is 0 Å². The molecule has 3 nitrogen and oxygen atoms in total. The first-order valence-electron chi connectivity index (χ1n) is 6.90. The van der Waals surface area contributed by atoms with Gasteiger partial charge in [-0.2, -0.15) is 0 Å². The Hall–Kier alpha value is -0.770. The average Bonchev–Trinajstić information content (AvgIpc) is 2.37. The molecule has 5 heteroatoms. The van der Waals surface area contributed by atoms with Crippen LogP contribution in [0.1, 0.15) is 25.8 Å². The molecular weight excluding hydrogens is 295 g/mol. The van der Waals surface area contributed by atoms with Crippen LogP contribution < -0.4 is 10.6 Å². The van der Waals surface area contributed by atoms with Crippen LogP contribution in [-0.2, 0) is 11.2 Å². The minimum absolute atomic E-state index is 0.0614. The number of carbonyl (C=O) groups excluding carboxylic acids is 1. The van der Waals surface area contributed by atoms with Gasteiger partial charge in [0.05, 0.1) is 0 Å². The van der Waals surface area contributed by atoms with Crippen molar-refractivity contribution < 1.29 is 4.79 Å². The number of carbonyl (C=O) groups is 1. The highest BCUT2D eigenvalue weighted by Gasteiger charge is 2.04. The third kappa shape index (κ3) is 7.13. The molecule has 2 N–H and O–H groups in total. The lowest BCUT2D eigenvalue weighted by Crippen LogP contribution is -2.30. The third-order valence-electron chi connectivity index (χ3n) is 2.81. The van der Waals surface area contributed by atoms with Gasteiger partial charge in [-0.25, -0.2) is 0 Å². The second-order valence-electron chi connectivity index (χ2n) is 5.18. The quantitative estimate of drug-likeness (QED) is 0.723. The van der Waals surface area contributed by atoms with Gasteiger partial charge in [-0.1, -0.05) is 43.1 Å².